The number of unbranched alkanes of at least 4 members (excludes halogenated alkanes) is 1. The van der Waals surface area contributed by atoms with E-state index in [-0.39, 0.29) is 0 Å². The molecule has 0 saturated heterocycles. The van der Waals surface area contributed by atoms with Crippen molar-refractivity contribution in [1.29, 1.82) is 0 Å². The number of esters is 2. The largest absolute Gasteiger partial charge is 0.494 e. The lowest BCUT2D eigenvalue weighted by Crippen LogP contribution is -2.10. The molecule has 0 spiro atoms. The van der Waals surface area contributed by atoms with E-state index in [4.69, 9.17) is 14.2 Å². The fraction of sp³-hybridized carbons (Fsp3) is 0.333. The molecule has 0 fully saturated rings. The molecule has 2 rings (SSSR count). The van der Waals surface area contributed by atoms with Gasteiger partial charge in [-0.3, -0.25) is 0 Å². The summed E-state index contributed by atoms with van der Waals surface area (Å²) in [6.07, 6.45) is 2.74. The average Bonchev–Trinajstić information content (AvgIpc) is 2.66. The molecule has 0 aromatic heterocycles. The van der Waals surface area contributed by atoms with Crippen LogP contribution in [0.25, 0.3) is 0 Å². The van der Waals surface area contributed by atoms with Gasteiger partial charge in [-0.05, 0) is 49.2 Å². The fourth-order valence-electron chi connectivity index (χ4n) is 2.18. The van der Waals surface area contributed by atoms with E-state index >= 15 is 0 Å². The van der Waals surface area contributed by atoms with Gasteiger partial charge in [-0.15, -0.1) is 0 Å². The topological polar surface area (TPSA) is 61.8 Å². The molecule has 5 heteroatoms. The van der Waals surface area contributed by atoms with Crippen LogP contribution in [-0.2, 0) is 4.74 Å². The highest BCUT2D eigenvalue weighted by Gasteiger charge is 2.12. The van der Waals surface area contributed by atoms with Crippen LogP contribution in [0.4, 0.5) is 0 Å². The lowest BCUT2D eigenvalue weighted by Gasteiger charge is -2.09. The molecular weight excluding hydrogens is 332 g/mol. The van der Waals surface area contributed by atoms with Crippen LogP contribution >= 0.6 is 0 Å². The summed E-state index contributed by atoms with van der Waals surface area (Å²) < 4.78 is 16.1. The summed E-state index contributed by atoms with van der Waals surface area (Å²) >= 11 is 0. The summed E-state index contributed by atoms with van der Waals surface area (Å²) in [5.41, 5.74) is 0.735. The van der Waals surface area contributed by atoms with E-state index in [2.05, 4.69) is 6.92 Å². The summed E-state index contributed by atoms with van der Waals surface area (Å²) in [5.74, 6) is -0.0239. The number of benzene rings is 2. The zero-order valence-electron chi connectivity index (χ0n) is 15.2. The smallest absolute Gasteiger partial charge is 0.343 e. The molecule has 0 atom stereocenters. The normalized spacial score (nSPS) is 10.2. The Morgan fingerprint density at radius 3 is 2.15 bits per heavy atom. The van der Waals surface area contributed by atoms with Gasteiger partial charge in [0.15, 0.2) is 0 Å². The van der Waals surface area contributed by atoms with Crippen molar-refractivity contribution < 1.29 is 23.8 Å². The summed E-state index contributed by atoms with van der Waals surface area (Å²) in [4.78, 5) is 24.3. The van der Waals surface area contributed by atoms with Crippen LogP contribution in [0, 0.1) is 0 Å². The Kier molecular flexibility index (Phi) is 7.68. The van der Waals surface area contributed by atoms with E-state index in [1.54, 1.807) is 42.5 Å². The Labute approximate surface area is 153 Å². The third kappa shape index (κ3) is 5.92. The van der Waals surface area contributed by atoms with Gasteiger partial charge in [-0.2, -0.15) is 0 Å². The van der Waals surface area contributed by atoms with Gasteiger partial charge in [0.05, 0.1) is 24.3 Å². The van der Waals surface area contributed by atoms with Crippen LogP contribution in [0.2, 0.25) is 0 Å². The van der Waals surface area contributed by atoms with Crippen molar-refractivity contribution >= 4 is 11.9 Å². The molecule has 0 amide bonds. The summed E-state index contributed by atoms with van der Waals surface area (Å²) in [6, 6.07) is 13.2. The molecule has 26 heavy (non-hydrogen) atoms. The third-order valence-corrected chi connectivity index (χ3v) is 3.55. The van der Waals surface area contributed by atoms with Crippen LogP contribution in [-0.4, -0.2) is 25.2 Å². The van der Waals surface area contributed by atoms with Crippen molar-refractivity contribution in [3.8, 4) is 11.5 Å². The molecular formula is C21H24O5. The van der Waals surface area contributed by atoms with Crippen molar-refractivity contribution in [2.45, 2.75) is 33.1 Å². The molecule has 0 radical (unpaired) electrons. The van der Waals surface area contributed by atoms with Crippen molar-refractivity contribution in [2.24, 2.45) is 0 Å². The summed E-state index contributed by atoms with van der Waals surface area (Å²) in [6.45, 7) is 4.97. The maximum Gasteiger partial charge on any atom is 0.343 e. The fourth-order valence-corrected chi connectivity index (χ4v) is 2.18. The lowest BCUT2D eigenvalue weighted by molar-refractivity contribution is 0.0503. The molecule has 0 aliphatic heterocycles. The number of carbonyl (C=O) groups excluding carboxylic acids is 2. The van der Waals surface area contributed by atoms with Crippen LogP contribution in [0.15, 0.2) is 48.5 Å². The van der Waals surface area contributed by atoms with Gasteiger partial charge in [0.2, 0.25) is 0 Å². The molecule has 2 aromatic rings. The SMILES string of the molecule is CCCCOc1cccc(C(=O)Oc2cccc(C(=O)OCCC)c2)c1. The predicted octanol–water partition coefficient (Wildman–Crippen LogP) is 4.65. The van der Waals surface area contributed by atoms with E-state index in [1.165, 1.54) is 6.07 Å². The van der Waals surface area contributed by atoms with Gasteiger partial charge in [0.1, 0.15) is 11.5 Å². The molecule has 138 valence electrons. The van der Waals surface area contributed by atoms with Crippen LogP contribution in [0.5, 0.6) is 11.5 Å². The minimum atomic E-state index is -0.509. The molecule has 0 bridgehead atoms. The lowest BCUT2D eigenvalue weighted by atomic mass is 10.2. The second-order valence-corrected chi connectivity index (χ2v) is 5.78. The first kappa shape index (κ1) is 19.5. The zero-order valence-corrected chi connectivity index (χ0v) is 15.2. The molecule has 0 unspecified atom stereocenters. The maximum atomic E-state index is 12.4. The standard InChI is InChI=1S/C21H24O5/c1-3-5-13-24-18-10-6-9-17(14-18)21(23)26-19-11-7-8-16(15-19)20(22)25-12-4-2/h6-11,14-15H,3-5,12-13H2,1-2H3. The van der Waals surface area contributed by atoms with Crippen molar-refractivity contribution in [2.75, 3.05) is 13.2 Å². The van der Waals surface area contributed by atoms with Gasteiger partial charge < -0.3 is 14.2 Å². The van der Waals surface area contributed by atoms with E-state index in [9.17, 15) is 9.59 Å². The van der Waals surface area contributed by atoms with Crippen LogP contribution < -0.4 is 9.47 Å². The molecule has 0 heterocycles. The van der Waals surface area contributed by atoms with Gasteiger partial charge in [-0.25, -0.2) is 9.59 Å². The van der Waals surface area contributed by atoms with E-state index in [0.717, 1.165) is 19.3 Å². The Bertz CT molecular complexity index is 739. The highest BCUT2D eigenvalue weighted by Crippen LogP contribution is 2.19. The highest BCUT2D eigenvalue weighted by molar-refractivity contribution is 5.93. The Morgan fingerprint density at radius 2 is 1.46 bits per heavy atom. The average molecular weight is 356 g/mol. The van der Waals surface area contributed by atoms with E-state index in [0.29, 0.717) is 35.8 Å². The van der Waals surface area contributed by atoms with Crippen LogP contribution in [0.1, 0.15) is 53.8 Å². The molecule has 0 aliphatic rings. The zero-order chi connectivity index (χ0) is 18.8. The number of ether oxygens (including phenoxy) is 3. The van der Waals surface area contributed by atoms with E-state index < -0.39 is 11.9 Å². The number of carbonyl (C=O) groups is 2. The van der Waals surface area contributed by atoms with Gasteiger partial charge in [0.25, 0.3) is 0 Å². The Hall–Kier alpha value is -2.82. The molecule has 2 aromatic carbocycles. The van der Waals surface area contributed by atoms with E-state index in [1.807, 2.05) is 6.92 Å². The first-order valence-electron chi connectivity index (χ1n) is 8.86. The minimum Gasteiger partial charge on any atom is -0.494 e. The minimum absolute atomic E-state index is 0.290. The monoisotopic (exact) mass is 356 g/mol. The number of hydrogen-bond donors (Lipinski definition) is 0. The van der Waals surface area contributed by atoms with Gasteiger partial charge >= 0.3 is 11.9 Å². The Morgan fingerprint density at radius 1 is 0.808 bits per heavy atom. The number of rotatable bonds is 9. The molecule has 0 saturated carbocycles. The van der Waals surface area contributed by atoms with Crippen molar-refractivity contribution in [3.63, 3.8) is 0 Å². The second kappa shape index (κ2) is 10.2. The van der Waals surface area contributed by atoms with Crippen molar-refractivity contribution in [3.05, 3.63) is 59.7 Å². The van der Waals surface area contributed by atoms with Gasteiger partial charge in [-0.1, -0.05) is 32.4 Å². The molecule has 5 nitrogen and oxygen atoms in total. The highest BCUT2D eigenvalue weighted by atomic mass is 16.5. The Balaban J connectivity index is 2.03. The molecule has 0 aliphatic carbocycles. The number of hydrogen-bond acceptors (Lipinski definition) is 5. The maximum absolute atomic E-state index is 12.4. The first-order valence-corrected chi connectivity index (χ1v) is 8.86. The predicted molar refractivity (Wildman–Crippen MR) is 98.8 cm³/mol. The van der Waals surface area contributed by atoms with Crippen molar-refractivity contribution in [1.82, 2.24) is 0 Å². The second-order valence-electron chi connectivity index (χ2n) is 5.78. The first-order chi connectivity index (χ1) is 12.6. The van der Waals surface area contributed by atoms with Gasteiger partial charge in [0, 0.05) is 0 Å². The van der Waals surface area contributed by atoms with Crippen LogP contribution in [0.3, 0.4) is 0 Å². The summed E-state index contributed by atoms with van der Waals surface area (Å²) in [5, 5.41) is 0. The third-order valence-electron chi connectivity index (χ3n) is 3.55. The molecule has 0 N–H and O–H groups in total. The quantitative estimate of drug-likeness (QED) is 0.372. The summed E-state index contributed by atoms with van der Waals surface area (Å²) in [7, 11) is 0.